The molecule has 1 heterocycles. The van der Waals surface area contributed by atoms with Gasteiger partial charge in [0.15, 0.2) is 0 Å². The standard InChI is InChI=1S/C14H14ClNO2S/c1-8-3-4-10(11(17)7-8)14(18)16-9(2)12-5-6-13(15)19-12/h3-7,9,17H,1-2H3,(H,16,18). The SMILES string of the molecule is Cc1ccc(C(=O)NC(C)c2ccc(Cl)s2)c(O)c1. The monoisotopic (exact) mass is 295 g/mol. The predicted octanol–water partition coefficient (Wildman–Crippen LogP) is 3.91. The zero-order valence-electron chi connectivity index (χ0n) is 10.6. The van der Waals surface area contributed by atoms with E-state index in [4.69, 9.17) is 11.6 Å². The first-order chi connectivity index (χ1) is 8.97. The van der Waals surface area contributed by atoms with Gasteiger partial charge in [0.25, 0.3) is 5.91 Å². The van der Waals surface area contributed by atoms with Gasteiger partial charge < -0.3 is 10.4 Å². The lowest BCUT2D eigenvalue weighted by atomic mass is 10.1. The number of halogens is 1. The smallest absolute Gasteiger partial charge is 0.255 e. The van der Waals surface area contributed by atoms with Crippen LogP contribution in [0.25, 0.3) is 0 Å². The minimum atomic E-state index is -0.297. The molecule has 2 aromatic rings. The van der Waals surface area contributed by atoms with E-state index < -0.39 is 0 Å². The molecule has 0 saturated heterocycles. The summed E-state index contributed by atoms with van der Waals surface area (Å²) < 4.78 is 0.689. The topological polar surface area (TPSA) is 49.3 Å². The molecule has 0 saturated carbocycles. The first kappa shape index (κ1) is 13.9. The maximum atomic E-state index is 12.1. The van der Waals surface area contributed by atoms with E-state index in [9.17, 15) is 9.90 Å². The van der Waals surface area contributed by atoms with Crippen LogP contribution in [0.2, 0.25) is 4.34 Å². The summed E-state index contributed by atoms with van der Waals surface area (Å²) in [5, 5.41) is 12.6. The summed E-state index contributed by atoms with van der Waals surface area (Å²) in [4.78, 5) is 13.0. The molecule has 5 heteroatoms. The molecule has 1 aromatic heterocycles. The number of benzene rings is 1. The number of nitrogens with one attached hydrogen (secondary N) is 1. The summed E-state index contributed by atoms with van der Waals surface area (Å²) in [6, 6.07) is 8.52. The van der Waals surface area contributed by atoms with Crippen LogP contribution in [0, 0.1) is 6.92 Å². The van der Waals surface area contributed by atoms with Crippen molar-refractivity contribution < 1.29 is 9.90 Å². The molecule has 100 valence electrons. The fourth-order valence-electron chi connectivity index (χ4n) is 1.74. The lowest BCUT2D eigenvalue weighted by molar-refractivity contribution is 0.0938. The van der Waals surface area contributed by atoms with Crippen molar-refractivity contribution in [3.63, 3.8) is 0 Å². The Hall–Kier alpha value is -1.52. The molecule has 0 spiro atoms. The summed E-state index contributed by atoms with van der Waals surface area (Å²) in [5.74, 6) is -0.302. The van der Waals surface area contributed by atoms with Gasteiger partial charge >= 0.3 is 0 Å². The third-order valence-electron chi connectivity index (χ3n) is 2.77. The lowest BCUT2D eigenvalue weighted by Crippen LogP contribution is -2.26. The van der Waals surface area contributed by atoms with Crippen LogP contribution in [0.4, 0.5) is 0 Å². The quantitative estimate of drug-likeness (QED) is 0.902. The first-order valence-corrected chi connectivity index (χ1v) is 7.02. The Bertz CT molecular complexity index is 609. The Morgan fingerprint density at radius 2 is 2.11 bits per heavy atom. The van der Waals surface area contributed by atoms with Gasteiger partial charge in [0.05, 0.1) is 15.9 Å². The van der Waals surface area contributed by atoms with Gasteiger partial charge in [0, 0.05) is 4.88 Å². The van der Waals surface area contributed by atoms with Crippen LogP contribution in [-0.2, 0) is 0 Å². The fourth-order valence-corrected chi connectivity index (χ4v) is 2.80. The molecule has 0 aliphatic carbocycles. The molecule has 3 nitrogen and oxygen atoms in total. The number of rotatable bonds is 3. The number of carbonyl (C=O) groups excluding carboxylic acids is 1. The van der Waals surface area contributed by atoms with E-state index in [0.717, 1.165) is 10.4 Å². The van der Waals surface area contributed by atoms with Crippen molar-refractivity contribution in [2.75, 3.05) is 0 Å². The number of thiophene rings is 1. The first-order valence-electron chi connectivity index (χ1n) is 5.83. The molecular weight excluding hydrogens is 282 g/mol. The molecule has 0 fully saturated rings. The number of carbonyl (C=O) groups is 1. The second kappa shape index (κ2) is 5.63. The highest BCUT2D eigenvalue weighted by Gasteiger charge is 2.15. The summed E-state index contributed by atoms with van der Waals surface area (Å²) in [5.41, 5.74) is 1.19. The van der Waals surface area contributed by atoms with Crippen LogP contribution in [0.1, 0.15) is 33.8 Å². The summed E-state index contributed by atoms with van der Waals surface area (Å²) in [7, 11) is 0. The summed E-state index contributed by atoms with van der Waals surface area (Å²) in [6.45, 7) is 3.74. The zero-order valence-corrected chi connectivity index (χ0v) is 12.2. The number of aromatic hydroxyl groups is 1. The lowest BCUT2D eigenvalue weighted by Gasteiger charge is -2.13. The molecule has 0 bridgehead atoms. The van der Waals surface area contributed by atoms with Crippen LogP contribution in [0.5, 0.6) is 5.75 Å². The van der Waals surface area contributed by atoms with E-state index in [1.165, 1.54) is 11.3 Å². The Labute approximate surface area is 120 Å². The Morgan fingerprint density at radius 3 is 2.68 bits per heavy atom. The van der Waals surface area contributed by atoms with Gasteiger partial charge in [-0.05, 0) is 43.7 Å². The Morgan fingerprint density at radius 1 is 1.37 bits per heavy atom. The highest BCUT2D eigenvalue weighted by Crippen LogP contribution is 2.27. The van der Waals surface area contributed by atoms with Crippen molar-refractivity contribution in [2.24, 2.45) is 0 Å². The molecule has 19 heavy (non-hydrogen) atoms. The third kappa shape index (κ3) is 3.28. The van der Waals surface area contributed by atoms with E-state index in [1.807, 2.05) is 19.9 Å². The van der Waals surface area contributed by atoms with Gasteiger partial charge in [0.1, 0.15) is 5.75 Å². The van der Waals surface area contributed by atoms with Crippen LogP contribution in [-0.4, -0.2) is 11.0 Å². The normalized spacial score (nSPS) is 12.2. The second-order valence-corrected chi connectivity index (χ2v) is 6.10. The van der Waals surface area contributed by atoms with Crippen LogP contribution >= 0.6 is 22.9 Å². The van der Waals surface area contributed by atoms with Crippen molar-refractivity contribution in [1.82, 2.24) is 5.32 Å². The van der Waals surface area contributed by atoms with Crippen molar-refractivity contribution in [3.8, 4) is 5.75 Å². The molecule has 1 amide bonds. The maximum absolute atomic E-state index is 12.1. The van der Waals surface area contributed by atoms with Gasteiger partial charge in [0.2, 0.25) is 0 Å². The average Bonchev–Trinajstić information content (AvgIpc) is 2.75. The molecule has 2 rings (SSSR count). The van der Waals surface area contributed by atoms with Crippen molar-refractivity contribution in [2.45, 2.75) is 19.9 Å². The van der Waals surface area contributed by atoms with Crippen molar-refractivity contribution in [1.29, 1.82) is 0 Å². The molecule has 1 aromatic carbocycles. The van der Waals surface area contributed by atoms with Crippen LogP contribution < -0.4 is 5.32 Å². The minimum Gasteiger partial charge on any atom is -0.507 e. The molecule has 0 aliphatic rings. The van der Waals surface area contributed by atoms with E-state index in [2.05, 4.69) is 5.32 Å². The van der Waals surface area contributed by atoms with E-state index in [1.54, 1.807) is 24.3 Å². The number of amides is 1. The molecule has 1 unspecified atom stereocenters. The van der Waals surface area contributed by atoms with Gasteiger partial charge in [-0.2, -0.15) is 0 Å². The average molecular weight is 296 g/mol. The summed E-state index contributed by atoms with van der Waals surface area (Å²) in [6.07, 6.45) is 0. The molecule has 0 radical (unpaired) electrons. The van der Waals surface area contributed by atoms with E-state index in [-0.39, 0.29) is 23.3 Å². The molecular formula is C14H14ClNO2S. The van der Waals surface area contributed by atoms with Gasteiger partial charge in [-0.1, -0.05) is 17.7 Å². The number of aryl methyl sites for hydroxylation is 1. The number of hydrogen-bond donors (Lipinski definition) is 2. The third-order valence-corrected chi connectivity index (χ3v) is 4.18. The summed E-state index contributed by atoms with van der Waals surface area (Å²) >= 11 is 7.29. The van der Waals surface area contributed by atoms with Gasteiger partial charge in [-0.15, -0.1) is 11.3 Å². The van der Waals surface area contributed by atoms with Crippen LogP contribution in [0.3, 0.4) is 0 Å². The molecule has 1 atom stereocenters. The van der Waals surface area contributed by atoms with Crippen molar-refractivity contribution >= 4 is 28.8 Å². The van der Waals surface area contributed by atoms with E-state index >= 15 is 0 Å². The fraction of sp³-hybridized carbons (Fsp3) is 0.214. The van der Waals surface area contributed by atoms with Crippen molar-refractivity contribution in [3.05, 3.63) is 50.7 Å². The highest BCUT2D eigenvalue weighted by atomic mass is 35.5. The van der Waals surface area contributed by atoms with E-state index in [0.29, 0.717) is 4.34 Å². The Balaban J connectivity index is 2.12. The highest BCUT2D eigenvalue weighted by molar-refractivity contribution is 7.16. The minimum absolute atomic E-state index is 0.00564. The maximum Gasteiger partial charge on any atom is 0.255 e. The van der Waals surface area contributed by atoms with Gasteiger partial charge in [-0.3, -0.25) is 4.79 Å². The second-order valence-electron chi connectivity index (χ2n) is 4.36. The van der Waals surface area contributed by atoms with Crippen LogP contribution in [0.15, 0.2) is 30.3 Å². The molecule has 2 N–H and O–H groups in total. The number of phenolic OH excluding ortho intramolecular Hbond substituents is 1. The molecule has 0 aliphatic heterocycles. The number of hydrogen-bond acceptors (Lipinski definition) is 3. The number of phenols is 1. The predicted molar refractivity (Wildman–Crippen MR) is 78.1 cm³/mol. The largest absolute Gasteiger partial charge is 0.507 e. The zero-order chi connectivity index (χ0) is 14.0. The Kier molecular flexibility index (Phi) is 4.12. The van der Waals surface area contributed by atoms with Gasteiger partial charge in [-0.25, -0.2) is 0 Å².